The average Bonchev–Trinajstić information content (AvgIpc) is 2.00. The standard InChI is InChI=1S/C7H16N2O4S/c1-7(2,6(10)13-5)8-14(11,12)9(3)4/h8H,1-5H3. The molecule has 0 spiro atoms. The van der Waals surface area contributed by atoms with Crippen molar-refractivity contribution in [3.8, 4) is 0 Å². The summed E-state index contributed by atoms with van der Waals surface area (Å²) in [5, 5.41) is 0. The van der Waals surface area contributed by atoms with Gasteiger partial charge in [0.15, 0.2) is 0 Å². The number of carbonyl (C=O) groups is 1. The van der Waals surface area contributed by atoms with E-state index in [9.17, 15) is 13.2 Å². The van der Waals surface area contributed by atoms with Gasteiger partial charge in [-0.25, -0.2) is 0 Å². The highest BCUT2D eigenvalue weighted by Crippen LogP contribution is 2.07. The van der Waals surface area contributed by atoms with Crippen molar-refractivity contribution in [1.29, 1.82) is 0 Å². The quantitative estimate of drug-likeness (QED) is 0.643. The SMILES string of the molecule is COC(=O)C(C)(C)NS(=O)(=O)N(C)C. The van der Waals surface area contributed by atoms with Crippen molar-refractivity contribution in [3.63, 3.8) is 0 Å². The molecule has 0 atom stereocenters. The van der Waals surface area contributed by atoms with Crippen LogP contribution >= 0.6 is 0 Å². The Kier molecular flexibility index (Phi) is 4.04. The first-order chi connectivity index (χ1) is 6.13. The molecular formula is C7H16N2O4S. The van der Waals surface area contributed by atoms with Crippen LogP contribution in [0.5, 0.6) is 0 Å². The summed E-state index contributed by atoms with van der Waals surface area (Å²) in [5.74, 6) is -0.636. The Bertz CT molecular complexity index is 308. The molecule has 7 heteroatoms. The molecule has 84 valence electrons. The van der Waals surface area contributed by atoms with Crippen LogP contribution in [0, 0.1) is 0 Å². The van der Waals surface area contributed by atoms with Crippen LogP contribution in [-0.4, -0.2) is 45.4 Å². The van der Waals surface area contributed by atoms with Gasteiger partial charge in [0, 0.05) is 14.1 Å². The summed E-state index contributed by atoms with van der Waals surface area (Å²) < 4.78 is 30.4. The summed E-state index contributed by atoms with van der Waals surface area (Å²) in [7, 11) is 0.315. The Hall–Kier alpha value is -0.660. The molecule has 0 aromatic rings. The lowest BCUT2D eigenvalue weighted by Gasteiger charge is -2.24. The van der Waals surface area contributed by atoms with Crippen LogP contribution in [0.25, 0.3) is 0 Å². The van der Waals surface area contributed by atoms with Crippen LogP contribution in [0.4, 0.5) is 0 Å². The molecule has 1 N–H and O–H groups in total. The van der Waals surface area contributed by atoms with E-state index in [-0.39, 0.29) is 0 Å². The van der Waals surface area contributed by atoms with Gasteiger partial charge in [-0.2, -0.15) is 17.4 Å². The second kappa shape index (κ2) is 4.24. The Morgan fingerprint density at radius 2 is 1.79 bits per heavy atom. The highest BCUT2D eigenvalue weighted by atomic mass is 32.2. The fraction of sp³-hybridized carbons (Fsp3) is 0.857. The number of carbonyl (C=O) groups excluding carboxylic acids is 1. The van der Waals surface area contributed by atoms with Gasteiger partial charge in [0.25, 0.3) is 10.2 Å². The van der Waals surface area contributed by atoms with Crippen LogP contribution in [0.1, 0.15) is 13.8 Å². The van der Waals surface area contributed by atoms with E-state index < -0.39 is 21.7 Å². The summed E-state index contributed by atoms with van der Waals surface area (Å²) in [6.07, 6.45) is 0. The van der Waals surface area contributed by atoms with Gasteiger partial charge in [-0.05, 0) is 13.8 Å². The van der Waals surface area contributed by atoms with Crippen molar-refractivity contribution >= 4 is 16.2 Å². The number of nitrogens with zero attached hydrogens (tertiary/aromatic N) is 1. The van der Waals surface area contributed by atoms with E-state index >= 15 is 0 Å². The number of esters is 1. The zero-order chi connectivity index (χ0) is 11.6. The molecule has 0 radical (unpaired) electrons. The van der Waals surface area contributed by atoms with Gasteiger partial charge in [0.2, 0.25) is 0 Å². The van der Waals surface area contributed by atoms with Gasteiger partial charge in [-0.3, -0.25) is 4.79 Å². The van der Waals surface area contributed by atoms with E-state index in [1.807, 2.05) is 0 Å². The minimum Gasteiger partial charge on any atom is -0.468 e. The lowest BCUT2D eigenvalue weighted by molar-refractivity contribution is -0.146. The fourth-order valence-corrected chi connectivity index (χ4v) is 1.62. The first-order valence-corrected chi connectivity index (χ1v) is 5.37. The summed E-state index contributed by atoms with van der Waals surface area (Å²) in [5.41, 5.74) is -1.27. The number of methoxy groups -OCH3 is 1. The maximum Gasteiger partial charge on any atom is 0.326 e. The van der Waals surface area contributed by atoms with E-state index in [4.69, 9.17) is 0 Å². The lowest BCUT2D eigenvalue weighted by Crippen LogP contribution is -2.53. The third-order valence-corrected chi connectivity index (χ3v) is 3.29. The lowest BCUT2D eigenvalue weighted by atomic mass is 10.1. The molecule has 0 aromatic carbocycles. The molecule has 0 aliphatic heterocycles. The maximum atomic E-state index is 11.4. The minimum atomic E-state index is -3.63. The molecule has 14 heavy (non-hydrogen) atoms. The number of hydrogen-bond donors (Lipinski definition) is 1. The summed E-state index contributed by atoms with van der Waals surface area (Å²) in [4.78, 5) is 11.2. The second-order valence-corrected chi connectivity index (χ2v) is 5.39. The summed E-state index contributed by atoms with van der Waals surface area (Å²) >= 11 is 0. The third-order valence-electron chi connectivity index (χ3n) is 1.56. The van der Waals surface area contributed by atoms with Gasteiger partial charge in [0.1, 0.15) is 5.54 Å². The molecular weight excluding hydrogens is 208 g/mol. The molecule has 0 aliphatic carbocycles. The largest absolute Gasteiger partial charge is 0.468 e. The van der Waals surface area contributed by atoms with Crippen molar-refractivity contribution < 1.29 is 17.9 Å². The Balaban J connectivity index is 4.76. The Labute approximate surface area is 84.4 Å². The third kappa shape index (κ3) is 3.24. The van der Waals surface area contributed by atoms with Crippen molar-refractivity contribution in [2.24, 2.45) is 0 Å². The molecule has 0 unspecified atom stereocenters. The molecule has 0 heterocycles. The minimum absolute atomic E-state index is 0.636. The van der Waals surface area contributed by atoms with Crippen molar-refractivity contribution in [1.82, 2.24) is 9.03 Å². The van der Waals surface area contributed by atoms with Crippen molar-refractivity contribution in [2.75, 3.05) is 21.2 Å². The average molecular weight is 224 g/mol. The molecule has 0 fully saturated rings. The fourth-order valence-electron chi connectivity index (χ4n) is 0.711. The number of ether oxygens (including phenoxy) is 1. The highest BCUT2D eigenvalue weighted by molar-refractivity contribution is 7.87. The predicted molar refractivity (Wildman–Crippen MR) is 51.8 cm³/mol. The van der Waals surface area contributed by atoms with E-state index in [1.54, 1.807) is 0 Å². The molecule has 0 bridgehead atoms. The molecule has 0 saturated heterocycles. The number of hydrogen-bond acceptors (Lipinski definition) is 4. The monoisotopic (exact) mass is 224 g/mol. The summed E-state index contributed by atoms with van der Waals surface area (Å²) in [6, 6.07) is 0. The van der Waals surface area contributed by atoms with Crippen molar-refractivity contribution in [3.05, 3.63) is 0 Å². The van der Waals surface area contributed by atoms with E-state index in [1.165, 1.54) is 35.1 Å². The van der Waals surface area contributed by atoms with Gasteiger partial charge in [-0.15, -0.1) is 0 Å². The number of nitrogens with one attached hydrogen (secondary N) is 1. The first-order valence-electron chi connectivity index (χ1n) is 3.93. The molecule has 6 nitrogen and oxygen atoms in total. The highest BCUT2D eigenvalue weighted by Gasteiger charge is 2.34. The van der Waals surface area contributed by atoms with E-state index in [0.29, 0.717) is 0 Å². The second-order valence-electron chi connectivity index (χ2n) is 3.51. The Morgan fingerprint density at radius 3 is 2.07 bits per heavy atom. The smallest absolute Gasteiger partial charge is 0.326 e. The van der Waals surface area contributed by atoms with Crippen LogP contribution in [0.15, 0.2) is 0 Å². The van der Waals surface area contributed by atoms with Crippen molar-refractivity contribution in [2.45, 2.75) is 19.4 Å². The Morgan fingerprint density at radius 1 is 1.36 bits per heavy atom. The van der Waals surface area contributed by atoms with Crippen LogP contribution < -0.4 is 4.72 Å². The van der Waals surface area contributed by atoms with E-state index in [2.05, 4.69) is 9.46 Å². The van der Waals surface area contributed by atoms with Gasteiger partial charge < -0.3 is 4.74 Å². The van der Waals surface area contributed by atoms with Crippen LogP contribution in [0.3, 0.4) is 0 Å². The maximum absolute atomic E-state index is 11.4. The zero-order valence-corrected chi connectivity index (χ0v) is 9.80. The first kappa shape index (κ1) is 13.3. The van der Waals surface area contributed by atoms with Crippen LogP contribution in [0.2, 0.25) is 0 Å². The number of rotatable bonds is 4. The molecule has 0 rings (SSSR count). The molecule has 0 saturated carbocycles. The van der Waals surface area contributed by atoms with Gasteiger partial charge in [0.05, 0.1) is 7.11 Å². The topological polar surface area (TPSA) is 75.7 Å². The zero-order valence-electron chi connectivity index (χ0n) is 8.99. The molecule has 0 aliphatic rings. The predicted octanol–water partition coefficient (Wildman–Crippen LogP) is -0.666. The molecule has 0 aromatic heterocycles. The van der Waals surface area contributed by atoms with Gasteiger partial charge >= 0.3 is 5.97 Å². The van der Waals surface area contributed by atoms with E-state index in [0.717, 1.165) is 4.31 Å². The summed E-state index contributed by atoms with van der Waals surface area (Å²) in [6.45, 7) is 2.86. The normalized spacial score (nSPS) is 13.0. The van der Waals surface area contributed by atoms with Gasteiger partial charge in [-0.1, -0.05) is 0 Å². The van der Waals surface area contributed by atoms with Crippen LogP contribution in [-0.2, 0) is 19.7 Å². The molecule has 0 amide bonds.